The minimum Gasteiger partial charge on any atom is -0.497 e. The van der Waals surface area contributed by atoms with E-state index >= 15 is 0 Å². The van der Waals surface area contributed by atoms with Gasteiger partial charge in [0.15, 0.2) is 0 Å². The summed E-state index contributed by atoms with van der Waals surface area (Å²) in [5, 5.41) is 4.29. The summed E-state index contributed by atoms with van der Waals surface area (Å²) in [5.41, 5.74) is 1.93. The molecule has 0 aliphatic rings. The zero-order valence-electron chi connectivity index (χ0n) is 12.3. The van der Waals surface area contributed by atoms with E-state index in [1.54, 1.807) is 16.8 Å². The van der Waals surface area contributed by atoms with Crippen LogP contribution in [-0.2, 0) is 16.6 Å². The van der Waals surface area contributed by atoms with E-state index in [0.717, 1.165) is 11.4 Å². The van der Waals surface area contributed by atoms with Crippen molar-refractivity contribution in [2.45, 2.75) is 25.3 Å². The zero-order valence-corrected chi connectivity index (χ0v) is 13.1. The molecule has 0 aliphatic carbocycles. The highest BCUT2D eigenvalue weighted by atomic mass is 32.2. The van der Waals surface area contributed by atoms with Crippen molar-refractivity contribution in [2.24, 2.45) is 0 Å². The van der Waals surface area contributed by atoms with Gasteiger partial charge in [0.2, 0.25) is 10.0 Å². The molecule has 0 fully saturated rings. The molecule has 21 heavy (non-hydrogen) atoms. The van der Waals surface area contributed by atoms with Gasteiger partial charge in [0, 0.05) is 18.3 Å². The topological polar surface area (TPSA) is 73.2 Å². The monoisotopic (exact) mass is 309 g/mol. The molecule has 1 aromatic heterocycles. The maximum absolute atomic E-state index is 12.2. The van der Waals surface area contributed by atoms with Crippen LogP contribution >= 0.6 is 0 Å². The van der Waals surface area contributed by atoms with Crippen LogP contribution in [0, 0.1) is 13.8 Å². The Morgan fingerprint density at radius 2 is 2.05 bits per heavy atom. The summed E-state index contributed by atoms with van der Waals surface area (Å²) in [7, 11) is -2.04. The Morgan fingerprint density at radius 1 is 1.29 bits per heavy atom. The van der Waals surface area contributed by atoms with Gasteiger partial charge in [-0.2, -0.15) is 5.10 Å². The maximum atomic E-state index is 12.2. The van der Waals surface area contributed by atoms with Crippen molar-refractivity contribution in [3.8, 4) is 5.75 Å². The number of nitrogens with zero attached hydrogens (tertiary/aromatic N) is 2. The van der Waals surface area contributed by atoms with Crippen molar-refractivity contribution in [2.75, 3.05) is 13.7 Å². The third-order valence-corrected chi connectivity index (χ3v) is 4.53. The Kier molecular flexibility index (Phi) is 4.64. The summed E-state index contributed by atoms with van der Waals surface area (Å²) in [6, 6.07) is 8.33. The lowest BCUT2D eigenvalue weighted by atomic mass is 10.3. The Hall–Kier alpha value is -1.86. The van der Waals surface area contributed by atoms with Crippen LogP contribution in [0.15, 0.2) is 35.2 Å². The molecule has 0 radical (unpaired) electrons. The molecule has 1 heterocycles. The number of methoxy groups -OCH3 is 1. The summed E-state index contributed by atoms with van der Waals surface area (Å²) >= 11 is 0. The summed E-state index contributed by atoms with van der Waals surface area (Å²) < 4.78 is 33.8. The number of aromatic nitrogens is 2. The van der Waals surface area contributed by atoms with Crippen molar-refractivity contribution >= 4 is 10.0 Å². The van der Waals surface area contributed by atoms with Crippen molar-refractivity contribution in [3.63, 3.8) is 0 Å². The van der Waals surface area contributed by atoms with Gasteiger partial charge in [0.25, 0.3) is 0 Å². The van der Waals surface area contributed by atoms with Crippen molar-refractivity contribution in [1.29, 1.82) is 0 Å². The molecule has 2 aromatic rings. The molecule has 6 nitrogen and oxygen atoms in total. The molecular formula is C14H19N3O3S. The fourth-order valence-corrected chi connectivity index (χ4v) is 3.09. The van der Waals surface area contributed by atoms with Gasteiger partial charge < -0.3 is 4.74 Å². The van der Waals surface area contributed by atoms with E-state index in [2.05, 4.69) is 9.82 Å². The molecule has 0 aliphatic heterocycles. The van der Waals surface area contributed by atoms with Crippen LogP contribution in [0.1, 0.15) is 11.4 Å². The fraction of sp³-hybridized carbons (Fsp3) is 0.357. The normalized spacial score (nSPS) is 11.6. The molecule has 0 saturated carbocycles. The highest BCUT2D eigenvalue weighted by Crippen LogP contribution is 2.16. The number of benzene rings is 1. The number of ether oxygens (including phenoxy) is 1. The predicted molar refractivity (Wildman–Crippen MR) is 79.9 cm³/mol. The van der Waals surface area contributed by atoms with Gasteiger partial charge in [-0.25, -0.2) is 13.1 Å². The highest BCUT2D eigenvalue weighted by Gasteiger charge is 2.14. The van der Waals surface area contributed by atoms with Crippen LogP contribution < -0.4 is 9.46 Å². The van der Waals surface area contributed by atoms with E-state index in [0.29, 0.717) is 12.3 Å². The molecule has 0 saturated heterocycles. The summed E-state index contributed by atoms with van der Waals surface area (Å²) in [5.74, 6) is 0.511. The van der Waals surface area contributed by atoms with Gasteiger partial charge in [0.1, 0.15) is 5.75 Å². The molecule has 0 bridgehead atoms. The molecule has 7 heteroatoms. The van der Waals surface area contributed by atoms with E-state index in [-0.39, 0.29) is 11.4 Å². The van der Waals surface area contributed by atoms with Crippen LogP contribution in [0.2, 0.25) is 0 Å². The second-order valence-corrected chi connectivity index (χ2v) is 6.49. The van der Waals surface area contributed by atoms with E-state index in [1.165, 1.54) is 19.2 Å². The molecule has 0 spiro atoms. The van der Waals surface area contributed by atoms with E-state index < -0.39 is 10.0 Å². The quantitative estimate of drug-likeness (QED) is 0.877. The van der Waals surface area contributed by atoms with Crippen molar-refractivity contribution in [1.82, 2.24) is 14.5 Å². The SMILES string of the molecule is COc1cccc(S(=O)(=O)NCCn2nc(C)cc2C)c1. The lowest BCUT2D eigenvalue weighted by Crippen LogP contribution is -2.28. The minimum atomic E-state index is -3.54. The lowest BCUT2D eigenvalue weighted by Gasteiger charge is -2.09. The van der Waals surface area contributed by atoms with Crippen LogP contribution in [0.25, 0.3) is 0 Å². The molecule has 0 unspecified atom stereocenters. The van der Waals surface area contributed by atoms with Crippen LogP contribution in [-0.4, -0.2) is 31.9 Å². The largest absolute Gasteiger partial charge is 0.497 e. The van der Waals surface area contributed by atoms with E-state index in [1.807, 2.05) is 19.9 Å². The third kappa shape index (κ3) is 3.83. The number of nitrogens with one attached hydrogen (secondary N) is 1. The number of hydrogen-bond donors (Lipinski definition) is 1. The second-order valence-electron chi connectivity index (χ2n) is 4.73. The van der Waals surface area contributed by atoms with E-state index in [9.17, 15) is 8.42 Å². The van der Waals surface area contributed by atoms with Crippen LogP contribution in [0.3, 0.4) is 0 Å². The van der Waals surface area contributed by atoms with Crippen LogP contribution in [0.5, 0.6) is 5.75 Å². The first kappa shape index (κ1) is 15.5. The molecule has 1 aromatic carbocycles. The summed E-state index contributed by atoms with van der Waals surface area (Å²) in [6.45, 7) is 4.62. The number of hydrogen-bond acceptors (Lipinski definition) is 4. The average Bonchev–Trinajstić information content (AvgIpc) is 2.77. The molecular weight excluding hydrogens is 290 g/mol. The zero-order chi connectivity index (χ0) is 15.5. The van der Waals surface area contributed by atoms with Gasteiger partial charge in [-0.05, 0) is 32.0 Å². The second kappa shape index (κ2) is 6.28. The highest BCUT2D eigenvalue weighted by molar-refractivity contribution is 7.89. The van der Waals surface area contributed by atoms with E-state index in [4.69, 9.17) is 4.74 Å². The average molecular weight is 309 g/mol. The summed E-state index contributed by atoms with van der Waals surface area (Å²) in [4.78, 5) is 0.190. The molecule has 2 rings (SSSR count). The van der Waals surface area contributed by atoms with Crippen molar-refractivity contribution < 1.29 is 13.2 Å². The molecule has 1 N–H and O–H groups in total. The number of sulfonamides is 1. The van der Waals surface area contributed by atoms with Gasteiger partial charge in [-0.3, -0.25) is 4.68 Å². The van der Waals surface area contributed by atoms with Crippen LogP contribution in [0.4, 0.5) is 0 Å². The first-order valence-corrected chi connectivity index (χ1v) is 8.05. The number of aryl methyl sites for hydroxylation is 2. The first-order valence-electron chi connectivity index (χ1n) is 6.57. The first-order chi connectivity index (χ1) is 9.92. The lowest BCUT2D eigenvalue weighted by molar-refractivity contribution is 0.413. The predicted octanol–water partition coefficient (Wildman–Crippen LogP) is 1.49. The van der Waals surface area contributed by atoms with Gasteiger partial charge in [-0.1, -0.05) is 6.07 Å². The summed E-state index contributed by atoms with van der Waals surface area (Å²) in [6.07, 6.45) is 0. The Balaban J connectivity index is 2.02. The minimum absolute atomic E-state index is 0.190. The third-order valence-electron chi connectivity index (χ3n) is 3.07. The van der Waals surface area contributed by atoms with Gasteiger partial charge in [0.05, 0.1) is 24.2 Å². The maximum Gasteiger partial charge on any atom is 0.240 e. The fourth-order valence-electron chi connectivity index (χ4n) is 2.04. The molecule has 0 amide bonds. The Labute approximate surface area is 124 Å². The van der Waals surface area contributed by atoms with Gasteiger partial charge >= 0.3 is 0 Å². The Bertz CT molecular complexity index is 723. The van der Waals surface area contributed by atoms with Gasteiger partial charge in [-0.15, -0.1) is 0 Å². The molecule has 0 atom stereocenters. The molecule has 114 valence electrons. The van der Waals surface area contributed by atoms with Crippen molar-refractivity contribution in [3.05, 3.63) is 41.7 Å². The number of rotatable bonds is 6. The smallest absolute Gasteiger partial charge is 0.240 e. The Morgan fingerprint density at radius 3 is 2.67 bits per heavy atom. The standard InChI is InChI=1S/C14H19N3O3S/c1-11-9-12(2)17(16-11)8-7-15-21(18,19)14-6-4-5-13(10-14)20-3/h4-6,9-10,15H,7-8H2,1-3H3.